The van der Waals surface area contributed by atoms with E-state index in [0.717, 1.165) is 6.26 Å². The van der Waals surface area contributed by atoms with Crippen molar-refractivity contribution in [2.24, 2.45) is 0 Å². The Morgan fingerprint density at radius 3 is 2.46 bits per heavy atom. The summed E-state index contributed by atoms with van der Waals surface area (Å²) in [5.74, 6) is -1.21. The Morgan fingerprint density at radius 2 is 1.89 bits per heavy atom. The lowest BCUT2D eigenvalue weighted by Gasteiger charge is -2.36. The number of methoxy groups -OCH3 is 1. The Hall–Kier alpha value is -2.37. The monoisotopic (exact) mass is 414 g/mol. The summed E-state index contributed by atoms with van der Waals surface area (Å²) in [5, 5.41) is 11.9. The van der Waals surface area contributed by atoms with Crippen LogP contribution in [0.1, 0.15) is 10.4 Å². The molecule has 10 nitrogen and oxygen atoms in total. The second kappa shape index (κ2) is 9.71. The number of carboxylic acids is 1. The number of anilines is 2. The number of nitrogens with zero attached hydrogens (tertiary/aromatic N) is 2. The molecule has 0 spiro atoms. The molecule has 0 aliphatic carbocycles. The van der Waals surface area contributed by atoms with Crippen molar-refractivity contribution in [3.8, 4) is 0 Å². The van der Waals surface area contributed by atoms with Crippen LogP contribution in [0.3, 0.4) is 0 Å². The average Bonchev–Trinajstić information content (AvgIpc) is 2.61. The number of aromatic carboxylic acids is 1. The molecule has 0 bridgehead atoms. The quantitative estimate of drug-likeness (QED) is 0.468. The molecule has 1 fully saturated rings. The van der Waals surface area contributed by atoms with E-state index in [2.05, 4.69) is 10.0 Å². The number of hydrogen-bond acceptors (Lipinski definition) is 7. The number of carbonyl (C=O) groups excluding carboxylic acids is 1. The summed E-state index contributed by atoms with van der Waals surface area (Å²) >= 11 is 0. The molecule has 1 saturated heterocycles. The van der Waals surface area contributed by atoms with E-state index in [1.807, 2.05) is 9.80 Å². The molecule has 0 atom stereocenters. The van der Waals surface area contributed by atoms with E-state index in [1.165, 1.54) is 12.1 Å². The fraction of sp³-hybridized carbons (Fsp3) is 0.529. The van der Waals surface area contributed by atoms with Crippen molar-refractivity contribution in [1.82, 2.24) is 10.2 Å². The third-order valence-corrected chi connectivity index (χ3v) is 4.84. The van der Waals surface area contributed by atoms with Gasteiger partial charge in [-0.05, 0) is 18.2 Å². The normalized spacial score (nSPS) is 15.3. The van der Waals surface area contributed by atoms with Crippen molar-refractivity contribution in [2.75, 3.05) is 68.9 Å². The Morgan fingerprint density at radius 1 is 1.21 bits per heavy atom. The van der Waals surface area contributed by atoms with Crippen molar-refractivity contribution >= 4 is 33.3 Å². The van der Waals surface area contributed by atoms with Gasteiger partial charge < -0.3 is 20.1 Å². The molecule has 28 heavy (non-hydrogen) atoms. The van der Waals surface area contributed by atoms with Gasteiger partial charge in [-0.1, -0.05) is 0 Å². The van der Waals surface area contributed by atoms with Crippen LogP contribution in [0, 0.1) is 0 Å². The fourth-order valence-electron chi connectivity index (χ4n) is 2.92. The van der Waals surface area contributed by atoms with E-state index >= 15 is 0 Å². The molecule has 0 aromatic heterocycles. The third kappa shape index (κ3) is 6.66. The lowest BCUT2D eigenvalue weighted by Crippen LogP contribution is -2.49. The molecular formula is C17H26N4O6S. The average molecular weight is 414 g/mol. The van der Waals surface area contributed by atoms with Crippen molar-refractivity contribution in [3.05, 3.63) is 23.8 Å². The number of hydrogen-bond donors (Lipinski definition) is 3. The molecule has 3 N–H and O–H groups in total. The maximum atomic E-state index is 11.9. The number of carbonyl (C=O) groups is 2. The number of ether oxygens (including phenoxy) is 1. The molecule has 1 aliphatic rings. The molecular weight excluding hydrogens is 388 g/mol. The standard InChI is InChI=1S/C17H26N4O6S/c1-27-10-5-18-16(22)12-20-6-8-21(9-7-20)15-4-3-13(17(23)24)11-14(15)19-28(2,25)26/h3-4,11,19H,5-10,12H2,1-2H3,(H,18,22)(H,23,24). The summed E-state index contributed by atoms with van der Waals surface area (Å²) in [6.45, 7) is 3.61. The summed E-state index contributed by atoms with van der Waals surface area (Å²) in [7, 11) is -1.99. The van der Waals surface area contributed by atoms with Crippen molar-refractivity contribution in [3.63, 3.8) is 0 Å². The minimum atomic E-state index is -3.56. The Balaban J connectivity index is 2.03. The number of sulfonamides is 1. The zero-order valence-electron chi connectivity index (χ0n) is 16.0. The summed E-state index contributed by atoms with van der Waals surface area (Å²) in [4.78, 5) is 27.1. The van der Waals surface area contributed by atoms with Gasteiger partial charge in [0.1, 0.15) is 0 Å². The minimum absolute atomic E-state index is 0.00117. The van der Waals surface area contributed by atoms with Gasteiger partial charge >= 0.3 is 5.97 Å². The van der Waals surface area contributed by atoms with Crippen LogP contribution >= 0.6 is 0 Å². The van der Waals surface area contributed by atoms with Crippen LogP contribution in [0.4, 0.5) is 11.4 Å². The van der Waals surface area contributed by atoms with Gasteiger partial charge in [0, 0.05) is 39.8 Å². The molecule has 0 unspecified atom stereocenters. The van der Waals surface area contributed by atoms with E-state index in [1.54, 1.807) is 13.2 Å². The van der Waals surface area contributed by atoms with Crippen LogP contribution < -0.4 is 14.9 Å². The van der Waals surface area contributed by atoms with Gasteiger partial charge in [0.15, 0.2) is 0 Å². The van der Waals surface area contributed by atoms with Gasteiger partial charge in [-0.3, -0.25) is 14.4 Å². The molecule has 0 radical (unpaired) electrons. The number of nitrogens with one attached hydrogen (secondary N) is 2. The zero-order chi connectivity index (χ0) is 20.7. The van der Waals surface area contributed by atoms with E-state index in [4.69, 9.17) is 9.84 Å². The van der Waals surface area contributed by atoms with E-state index < -0.39 is 16.0 Å². The van der Waals surface area contributed by atoms with Crippen LogP contribution in [-0.2, 0) is 19.6 Å². The highest BCUT2D eigenvalue weighted by molar-refractivity contribution is 7.92. The Kier molecular flexibility index (Phi) is 7.61. The fourth-order valence-corrected chi connectivity index (χ4v) is 3.49. The van der Waals surface area contributed by atoms with E-state index in [0.29, 0.717) is 45.0 Å². The Labute approximate surface area is 164 Å². The van der Waals surface area contributed by atoms with Crippen LogP contribution in [0.5, 0.6) is 0 Å². The topological polar surface area (TPSA) is 128 Å². The smallest absolute Gasteiger partial charge is 0.335 e. The first-order chi connectivity index (χ1) is 13.2. The summed E-state index contributed by atoms with van der Waals surface area (Å²) in [6.07, 6.45) is 1.02. The highest BCUT2D eigenvalue weighted by Crippen LogP contribution is 2.29. The zero-order valence-corrected chi connectivity index (χ0v) is 16.8. The predicted octanol–water partition coefficient (Wildman–Crippen LogP) is -0.359. The molecule has 1 aliphatic heterocycles. The van der Waals surface area contributed by atoms with Crippen molar-refractivity contribution in [1.29, 1.82) is 0 Å². The SMILES string of the molecule is COCCNC(=O)CN1CCN(c2ccc(C(=O)O)cc2NS(C)(=O)=O)CC1. The lowest BCUT2D eigenvalue weighted by molar-refractivity contribution is -0.122. The van der Waals surface area contributed by atoms with Gasteiger partial charge in [-0.25, -0.2) is 13.2 Å². The van der Waals surface area contributed by atoms with Crippen LogP contribution in [0.25, 0.3) is 0 Å². The second-order valence-corrected chi connectivity index (χ2v) is 8.27. The van der Waals surface area contributed by atoms with Gasteiger partial charge in [0.25, 0.3) is 0 Å². The van der Waals surface area contributed by atoms with Crippen LogP contribution in [0.15, 0.2) is 18.2 Å². The predicted molar refractivity (Wildman–Crippen MR) is 105 cm³/mol. The Bertz CT molecular complexity index is 806. The van der Waals surface area contributed by atoms with E-state index in [9.17, 15) is 18.0 Å². The summed E-state index contributed by atoms with van der Waals surface area (Å²) < 4.78 is 30.6. The molecule has 1 amide bonds. The molecule has 2 rings (SSSR count). The highest BCUT2D eigenvalue weighted by Gasteiger charge is 2.22. The lowest BCUT2D eigenvalue weighted by atomic mass is 10.1. The number of carboxylic acid groups (broad SMARTS) is 1. The first-order valence-corrected chi connectivity index (χ1v) is 10.7. The first kappa shape index (κ1) is 21.9. The van der Waals surface area contributed by atoms with Crippen molar-refractivity contribution in [2.45, 2.75) is 0 Å². The first-order valence-electron chi connectivity index (χ1n) is 8.77. The largest absolute Gasteiger partial charge is 0.478 e. The van der Waals surface area contributed by atoms with Gasteiger partial charge in [0.05, 0.1) is 36.3 Å². The third-order valence-electron chi connectivity index (χ3n) is 4.25. The van der Waals surface area contributed by atoms with Crippen LogP contribution in [0.2, 0.25) is 0 Å². The second-order valence-electron chi connectivity index (χ2n) is 6.52. The summed E-state index contributed by atoms with van der Waals surface area (Å²) in [5.41, 5.74) is 0.842. The summed E-state index contributed by atoms with van der Waals surface area (Å²) in [6, 6.07) is 4.36. The highest BCUT2D eigenvalue weighted by atomic mass is 32.2. The number of rotatable bonds is 9. The molecule has 0 saturated carbocycles. The molecule has 11 heteroatoms. The van der Waals surface area contributed by atoms with Gasteiger partial charge in [-0.15, -0.1) is 0 Å². The number of benzene rings is 1. The maximum absolute atomic E-state index is 11.9. The molecule has 1 aromatic carbocycles. The number of amides is 1. The van der Waals surface area contributed by atoms with E-state index in [-0.39, 0.29) is 23.7 Å². The van der Waals surface area contributed by atoms with Gasteiger partial charge in [0.2, 0.25) is 15.9 Å². The minimum Gasteiger partial charge on any atom is -0.478 e. The number of piperazine rings is 1. The van der Waals surface area contributed by atoms with Crippen LogP contribution in [-0.4, -0.2) is 89.5 Å². The van der Waals surface area contributed by atoms with Crippen molar-refractivity contribution < 1.29 is 27.9 Å². The molecule has 156 valence electrons. The maximum Gasteiger partial charge on any atom is 0.335 e. The van der Waals surface area contributed by atoms with Gasteiger partial charge in [-0.2, -0.15) is 0 Å². The molecule has 1 aromatic rings. The molecule has 1 heterocycles.